The minimum atomic E-state index is -0.540. The number of anilines is 1. The summed E-state index contributed by atoms with van der Waals surface area (Å²) in [7, 11) is 0. The summed E-state index contributed by atoms with van der Waals surface area (Å²) in [6.45, 7) is 1.98. The maximum atomic E-state index is 12.4. The predicted molar refractivity (Wildman–Crippen MR) is 112 cm³/mol. The number of nitrogens with one attached hydrogen (secondary N) is 1. The summed E-state index contributed by atoms with van der Waals surface area (Å²) < 4.78 is 5.89. The van der Waals surface area contributed by atoms with Crippen LogP contribution in [0.1, 0.15) is 15.9 Å². The Morgan fingerprint density at radius 2 is 1.83 bits per heavy atom. The molecule has 148 valence electrons. The third-order valence-electron chi connectivity index (χ3n) is 4.40. The fourth-order valence-corrected chi connectivity index (χ4v) is 2.91. The van der Waals surface area contributed by atoms with Gasteiger partial charge in [0, 0.05) is 23.4 Å². The number of non-ortho nitro benzene ring substituents is 1. The third-order valence-corrected chi connectivity index (χ3v) is 4.40. The molecule has 0 fully saturated rings. The van der Waals surface area contributed by atoms with Gasteiger partial charge in [-0.2, -0.15) is 0 Å². The highest BCUT2D eigenvalue weighted by Crippen LogP contribution is 2.28. The molecular weight excluding hydrogens is 384 g/mol. The zero-order valence-electron chi connectivity index (χ0n) is 15.9. The van der Waals surface area contributed by atoms with Gasteiger partial charge in [-0.15, -0.1) is 0 Å². The molecule has 0 radical (unpaired) electrons. The van der Waals surface area contributed by atoms with E-state index in [0.29, 0.717) is 17.3 Å². The number of aromatic nitrogens is 2. The van der Waals surface area contributed by atoms with Gasteiger partial charge in [-0.05, 0) is 49.4 Å². The lowest BCUT2D eigenvalue weighted by Crippen LogP contribution is -2.11. The number of benzene rings is 3. The van der Waals surface area contributed by atoms with Crippen molar-refractivity contribution in [3.63, 3.8) is 0 Å². The lowest BCUT2D eigenvalue weighted by molar-refractivity contribution is -0.384. The SMILES string of the molecule is Cc1ccc2ncnc(Oc3ccc(NC(=O)c4cccc([N+](=O)[O-])c4)cc3)c2c1. The predicted octanol–water partition coefficient (Wildman–Crippen LogP) is 4.89. The maximum absolute atomic E-state index is 12.4. The van der Waals surface area contributed by atoms with Crippen molar-refractivity contribution >= 4 is 28.2 Å². The number of amides is 1. The molecule has 0 unspecified atom stereocenters. The number of ether oxygens (including phenoxy) is 1. The van der Waals surface area contributed by atoms with E-state index in [4.69, 9.17) is 4.74 Å². The van der Waals surface area contributed by atoms with Gasteiger partial charge in [-0.3, -0.25) is 14.9 Å². The number of fused-ring (bicyclic) bond motifs is 1. The quantitative estimate of drug-likeness (QED) is 0.377. The molecule has 3 aromatic carbocycles. The van der Waals surface area contributed by atoms with E-state index in [9.17, 15) is 14.9 Å². The minimum absolute atomic E-state index is 0.140. The van der Waals surface area contributed by atoms with Crippen LogP contribution in [0.25, 0.3) is 10.9 Å². The standard InChI is InChI=1S/C22H16N4O4/c1-14-5-10-20-19(11-14)22(24-13-23-20)30-18-8-6-16(7-9-18)25-21(27)15-3-2-4-17(12-15)26(28)29/h2-13H,1H3,(H,25,27). The van der Waals surface area contributed by atoms with Crippen molar-refractivity contribution in [3.8, 4) is 11.6 Å². The summed E-state index contributed by atoms with van der Waals surface area (Å²) in [4.78, 5) is 31.1. The largest absolute Gasteiger partial charge is 0.438 e. The molecular formula is C22H16N4O4. The fourth-order valence-electron chi connectivity index (χ4n) is 2.91. The van der Waals surface area contributed by atoms with E-state index >= 15 is 0 Å². The summed E-state index contributed by atoms with van der Waals surface area (Å²) in [5.41, 5.74) is 2.45. The number of hydrogen-bond acceptors (Lipinski definition) is 6. The van der Waals surface area contributed by atoms with Crippen molar-refractivity contribution in [3.05, 3.63) is 94.3 Å². The van der Waals surface area contributed by atoms with E-state index in [1.165, 1.54) is 30.6 Å². The molecule has 1 N–H and O–H groups in total. The first-order chi connectivity index (χ1) is 14.5. The average molecular weight is 400 g/mol. The normalized spacial score (nSPS) is 10.6. The van der Waals surface area contributed by atoms with Crippen molar-refractivity contribution in [1.29, 1.82) is 0 Å². The molecule has 0 aliphatic heterocycles. The smallest absolute Gasteiger partial charge is 0.270 e. The average Bonchev–Trinajstić information content (AvgIpc) is 2.75. The second kappa shape index (κ2) is 7.96. The molecule has 0 aliphatic rings. The molecule has 8 heteroatoms. The molecule has 0 spiro atoms. The van der Waals surface area contributed by atoms with Gasteiger partial charge in [-0.25, -0.2) is 9.97 Å². The molecule has 0 atom stereocenters. The molecule has 1 amide bonds. The highest BCUT2D eigenvalue weighted by Gasteiger charge is 2.12. The van der Waals surface area contributed by atoms with E-state index < -0.39 is 10.8 Å². The van der Waals surface area contributed by atoms with Crippen molar-refractivity contribution in [2.24, 2.45) is 0 Å². The number of nitro benzene ring substituents is 1. The van der Waals surface area contributed by atoms with Crippen LogP contribution in [0.3, 0.4) is 0 Å². The second-order valence-corrected chi connectivity index (χ2v) is 6.59. The van der Waals surface area contributed by atoms with Gasteiger partial charge in [0.2, 0.25) is 5.88 Å². The molecule has 0 bridgehead atoms. The first-order valence-corrected chi connectivity index (χ1v) is 9.05. The molecule has 8 nitrogen and oxygen atoms in total. The molecule has 1 heterocycles. The molecule has 0 saturated heterocycles. The highest BCUT2D eigenvalue weighted by atomic mass is 16.6. The highest BCUT2D eigenvalue weighted by molar-refractivity contribution is 6.04. The summed E-state index contributed by atoms with van der Waals surface area (Å²) in [5.74, 6) is 0.548. The van der Waals surface area contributed by atoms with Gasteiger partial charge in [0.15, 0.2) is 0 Å². The number of nitrogens with zero attached hydrogens (tertiary/aromatic N) is 3. The van der Waals surface area contributed by atoms with E-state index in [1.54, 1.807) is 24.3 Å². The number of carbonyl (C=O) groups excluding carboxylic acids is 1. The first kappa shape index (κ1) is 19.0. The Bertz CT molecular complexity index is 1260. The Morgan fingerprint density at radius 3 is 2.60 bits per heavy atom. The van der Waals surface area contributed by atoms with Gasteiger partial charge in [0.25, 0.3) is 11.6 Å². The van der Waals surface area contributed by atoms with Crippen LogP contribution in [0.2, 0.25) is 0 Å². The Kier molecular flexibility index (Phi) is 5.04. The third kappa shape index (κ3) is 4.07. The Labute approximate surface area is 171 Å². The monoisotopic (exact) mass is 400 g/mol. The molecule has 4 rings (SSSR count). The van der Waals surface area contributed by atoms with Gasteiger partial charge < -0.3 is 10.1 Å². The Morgan fingerprint density at radius 1 is 1.03 bits per heavy atom. The number of aryl methyl sites for hydroxylation is 1. The van der Waals surface area contributed by atoms with Crippen LogP contribution in [0.4, 0.5) is 11.4 Å². The lowest BCUT2D eigenvalue weighted by atomic mass is 10.1. The second-order valence-electron chi connectivity index (χ2n) is 6.59. The molecule has 0 aliphatic carbocycles. The van der Waals surface area contributed by atoms with Crippen molar-refractivity contribution in [2.45, 2.75) is 6.92 Å². The van der Waals surface area contributed by atoms with Crippen LogP contribution in [-0.2, 0) is 0 Å². The number of nitro groups is 1. The van der Waals surface area contributed by atoms with Crippen molar-refractivity contribution in [2.75, 3.05) is 5.32 Å². The number of carbonyl (C=O) groups is 1. The van der Waals surface area contributed by atoms with Gasteiger partial charge in [0.1, 0.15) is 12.1 Å². The van der Waals surface area contributed by atoms with E-state index in [-0.39, 0.29) is 11.3 Å². The number of rotatable bonds is 5. The minimum Gasteiger partial charge on any atom is -0.438 e. The Balaban J connectivity index is 1.50. The molecule has 1 aromatic heterocycles. The van der Waals surface area contributed by atoms with E-state index in [1.807, 2.05) is 25.1 Å². The molecule has 0 saturated carbocycles. The van der Waals surface area contributed by atoms with Crippen molar-refractivity contribution < 1.29 is 14.5 Å². The molecule has 30 heavy (non-hydrogen) atoms. The van der Waals surface area contributed by atoms with Crippen LogP contribution < -0.4 is 10.1 Å². The topological polar surface area (TPSA) is 107 Å². The zero-order chi connectivity index (χ0) is 21.1. The number of hydrogen-bond donors (Lipinski definition) is 1. The van der Waals surface area contributed by atoms with E-state index in [2.05, 4.69) is 15.3 Å². The summed E-state index contributed by atoms with van der Waals surface area (Å²) >= 11 is 0. The summed E-state index contributed by atoms with van der Waals surface area (Å²) in [6, 6.07) is 18.1. The zero-order valence-corrected chi connectivity index (χ0v) is 15.9. The summed E-state index contributed by atoms with van der Waals surface area (Å²) in [5, 5.41) is 14.4. The van der Waals surface area contributed by atoms with Gasteiger partial charge in [-0.1, -0.05) is 17.7 Å². The Hall–Kier alpha value is -4.33. The van der Waals surface area contributed by atoms with Crippen LogP contribution in [-0.4, -0.2) is 20.8 Å². The first-order valence-electron chi connectivity index (χ1n) is 9.05. The van der Waals surface area contributed by atoms with Crippen LogP contribution in [0.5, 0.6) is 11.6 Å². The van der Waals surface area contributed by atoms with E-state index in [0.717, 1.165) is 16.5 Å². The maximum Gasteiger partial charge on any atom is 0.270 e. The van der Waals surface area contributed by atoms with Crippen LogP contribution in [0.15, 0.2) is 73.1 Å². The van der Waals surface area contributed by atoms with Gasteiger partial charge >= 0.3 is 0 Å². The molecule has 4 aromatic rings. The van der Waals surface area contributed by atoms with Gasteiger partial charge in [0.05, 0.1) is 15.8 Å². The van der Waals surface area contributed by atoms with Crippen molar-refractivity contribution in [1.82, 2.24) is 9.97 Å². The lowest BCUT2D eigenvalue weighted by Gasteiger charge is -2.09. The van der Waals surface area contributed by atoms with Crippen LogP contribution in [0, 0.1) is 17.0 Å². The van der Waals surface area contributed by atoms with Crippen LogP contribution >= 0.6 is 0 Å². The fraction of sp³-hybridized carbons (Fsp3) is 0.0455. The summed E-state index contributed by atoms with van der Waals surface area (Å²) in [6.07, 6.45) is 1.45.